The van der Waals surface area contributed by atoms with Crippen molar-refractivity contribution in [1.29, 1.82) is 0 Å². The molecule has 5 rings (SSSR count). The van der Waals surface area contributed by atoms with Crippen LogP contribution in [0.1, 0.15) is 24.5 Å². The van der Waals surface area contributed by atoms with Gasteiger partial charge in [-0.25, -0.2) is 4.52 Å². The Kier molecular flexibility index (Phi) is 5.40. The molecular formula is C19H18Cl2N6O2. The maximum absolute atomic E-state index is 12.3. The van der Waals surface area contributed by atoms with Crippen molar-refractivity contribution < 1.29 is 4.52 Å². The van der Waals surface area contributed by atoms with E-state index in [0.29, 0.717) is 27.9 Å². The summed E-state index contributed by atoms with van der Waals surface area (Å²) in [4.78, 5) is 19.6. The molecule has 4 aromatic rings. The number of nitrogens with one attached hydrogen (secondary N) is 2. The van der Waals surface area contributed by atoms with Crippen LogP contribution in [0.25, 0.3) is 28.5 Å². The van der Waals surface area contributed by atoms with Crippen LogP contribution < -0.4 is 10.9 Å². The second-order valence-corrected chi connectivity index (χ2v) is 7.27. The van der Waals surface area contributed by atoms with E-state index in [2.05, 4.69) is 25.5 Å². The number of hydrogen-bond acceptors (Lipinski definition) is 6. The number of H-pyrrole nitrogens is 1. The molecule has 1 aromatic carbocycles. The molecule has 8 nitrogen and oxygen atoms in total. The van der Waals surface area contributed by atoms with Crippen LogP contribution in [0.4, 0.5) is 0 Å². The summed E-state index contributed by atoms with van der Waals surface area (Å²) in [6, 6.07) is 8.86. The van der Waals surface area contributed by atoms with Crippen molar-refractivity contribution in [2.24, 2.45) is 0 Å². The van der Waals surface area contributed by atoms with Gasteiger partial charge in [0.15, 0.2) is 0 Å². The van der Waals surface area contributed by atoms with Gasteiger partial charge in [-0.2, -0.15) is 10.1 Å². The highest BCUT2D eigenvalue weighted by atomic mass is 35.5. The summed E-state index contributed by atoms with van der Waals surface area (Å²) in [7, 11) is 0. The van der Waals surface area contributed by atoms with E-state index in [9.17, 15) is 4.79 Å². The van der Waals surface area contributed by atoms with Crippen LogP contribution in [0.2, 0.25) is 5.02 Å². The molecular weight excluding hydrogens is 415 g/mol. The molecule has 0 amide bonds. The molecule has 0 radical (unpaired) electrons. The minimum atomic E-state index is -0.169. The third-order valence-electron chi connectivity index (χ3n) is 5.03. The summed E-state index contributed by atoms with van der Waals surface area (Å²) < 4.78 is 7.22. The number of hydrogen-bond donors (Lipinski definition) is 2. The van der Waals surface area contributed by atoms with E-state index < -0.39 is 0 Å². The lowest BCUT2D eigenvalue weighted by molar-refractivity contribution is 0.432. The first-order valence-electron chi connectivity index (χ1n) is 9.11. The Morgan fingerprint density at radius 1 is 1.21 bits per heavy atom. The summed E-state index contributed by atoms with van der Waals surface area (Å²) in [5, 5.41) is 12.5. The molecule has 0 bridgehead atoms. The fourth-order valence-electron chi connectivity index (χ4n) is 3.66. The Hall–Kier alpha value is -2.68. The number of rotatable bonds is 3. The van der Waals surface area contributed by atoms with Crippen molar-refractivity contribution in [2.45, 2.75) is 18.8 Å². The molecule has 1 aliphatic rings. The number of aromatic amines is 1. The van der Waals surface area contributed by atoms with Gasteiger partial charge in [0.05, 0.1) is 11.9 Å². The third-order valence-corrected chi connectivity index (χ3v) is 5.27. The van der Waals surface area contributed by atoms with Gasteiger partial charge in [-0.05, 0) is 38.1 Å². The number of piperidine rings is 1. The molecule has 0 unspecified atom stereocenters. The van der Waals surface area contributed by atoms with Crippen molar-refractivity contribution in [3.05, 3.63) is 57.6 Å². The molecule has 150 valence electrons. The van der Waals surface area contributed by atoms with Crippen molar-refractivity contribution >= 4 is 29.7 Å². The Morgan fingerprint density at radius 3 is 2.83 bits per heavy atom. The van der Waals surface area contributed by atoms with Gasteiger partial charge in [-0.1, -0.05) is 28.9 Å². The van der Waals surface area contributed by atoms with Gasteiger partial charge in [0.1, 0.15) is 11.2 Å². The minimum Gasteiger partial charge on any atom is -0.333 e. The molecule has 29 heavy (non-hydrogen) atoms. The summed E-state index contributed by atoms with van der Waals surface area (Å²) in [6.07, 6.45) is 3.57. The lowest BCUT2D eigenvalue weighted by Gasteiger charge is -2.23. The van der Waals surface area contributed by atoms with Crippen LogP contribution >= 0.6 is 24.0 Å². The van der Waals surface area contributed by atoms with Gasteiger partial charge in [-0.3, -0.25) is 4.79 Å². The fraction of sp³-hybridized carbons (Fsp3) is 0.263. The van der Waals surface area contributed by atoms with Gasteiger partial charge >= 0.3 is 0 Å². The zero-order chi connectivity index (χ0) is 19.1. The van der Waals surface area contributed by atoms with E-state index in [1.807, 2.05) is 12.1 Å². The van der Waals surface area contributed by atoms with Gasteiger partial charge in [-0.15, -0.1) is 12.4 Å². The van der Waals surface area contributed by atoms with Crippen molar-refractivity contribution in [2.75, 3.05) is 13.1 Å². The molecule has 3 aromatic heterocycles. The Bertz CT molecular complexity index is 1210. The summed E-state index contributed by atoms with van der Waals surface area (Å²) in [6.45, 7) is 1.86. The highest BCUT2D eigenvalue weighted by Gasteiger charge is 2.22. The van der Waals surface area contributed by atoms with Crippen molar-refractivity contribution in [3.8, 4) is 22.8 Å². The number of aromatic nitrogens is 5. The predicted octanol–water partition coefficient (Wildman–Crippen LogP) is 3.28. The maximum atomic E-state index is 12.3. The maximum Gasteiger partial charge on any atom is 0.263 e. The summed E-state index contributed by atoms with van der Waals surface area (Å²) in [5.41, 5.74) is 2.64. The zero-order valence-electron chi connectivity index (χ0n) is 15.3. The van der Waals surface area contributed by atoms with E-state index in [1.54, 1.807) is 28.9 Å². The lowest BCUT2D eigenvalue weighted by atomic mass is 9.94. The van der Waals surface area contributed by atoms with E-state index >= 15 is 0 Å². The molecule has 0 atom stereocenters. The van der Waals surface area contributed by atoms with Gasteiger partial charge in [0, 0.05) is 22.6 Å². The number of benzene rings is 1. The lowest BCUT2D eigenvalue weighted by Crippen LogP contribution is -2.28. The number of nitrogens with zero attached hydrogens (tertiary/aromatic N) is 4. The highest BCUT2D eigenvalue weighted by molar-refractivity contribution is 6.30. The number of halogens is 2. The first-order chi connectivity index (χ1) is 13.7. The second-order valence-electron chi connectivity index (χ2n) is 6.83. The third kappa shape index (κ3) is 3.66. The zero-order valence-corrected chi connectivity index (χ0v) is 16.8. The monoisotopic (exact) mass is 432 g/mol. The largest absolute Gasteiger partial charge is 0.333 e. The Morgan fingerprint density at radius 2 is 2.03 bits per heavy atom. The van der Waals surface area contributed by atoms with E-state index in [-0.39, 0.29) is 23.9 Å². The van der Waals surface area contributed by atoms with Gasteiger partial charge in [0.2, 0.25) is 5.82 Å². The van der Waals surface area contributed by atoms with Crippen molar-refractivity contribution in [1.82, 2.24) is 30.1 Å². The van der Waals surface area contributed by atoms with Crippen LogP contribution in [0, 0.1) is 0 Å². The molecule has 1 aliphatic heterocycles. The SMILES string of the molecule is Cl.O=c1cc(C2CCNCC2)n2ncc(-c3nc(-c4cccc(Cl)c4)no3)c2[nH]1. The molecule has 1 saturated heterocycles. The average Bonchev–Trinajstić information content (AvgIpc) is 3.35. The molecule has 0 spiro atoms. The normalized spacial score (nSPS) is 14.8. The second kappa shape index (κ2) is 7.98. The summed E-state index contributed by atoms with van der Waals surface area (Å²) >= 11 is 6.04. The molecule has 1 fully saturated rings. The average molecular weight is 433 g/mol. The predicted molar refractivity (Wildman–Crippen MR) is 112 cm³/mol. The highest BCUT2D eigenvalue weighted by Crippen LogP contribution is 2.29. The van der Waals surface area contributed by atoms with E-state index in [4.69, 9.17) is 16.1 Å². The summed E-state index contributed by atoms with van der Waals surface area (Å²) in [5.74, 6) is 1.00. The van der Waals surface area contributed by atoms with Crippen LogP contribution in [-0.4, -0.2) is 37.8 Å². The smallest absolute Gasteiger partial charge is 0.263 e. The first-order valence-corrected chi connectivity index (χ1v) is 9.48. The number of fused-ring (bicyclic) bond motifs is 1. The topological polar surface area (TPSA) is 101 Å². The van der Waals surface area contributed by atoms with E-state index in [0.717, 1.165) is 37.2 Å². The molecule has 10 heteroatoms. The Labute approximate surface area is 176 Å². The first kappa shape index (κ1) is 19.6. The van der Waals surface area contributed by atoms with E-state index in [1.165, 1.54) is 0 Å². The van der Waals surface area contributed by atoms with Crippen LogP contribution in [0.3, 0.4) is 0 Å². The Balaban J connectivity index is 0.00000205. The van der Waals surface area contributed by atoms with Gasteiger partial charge in [0.25, 0.3) is 11.4 Å². The van der Waals surface area contributed by atoms with Crippen LogP contribution in [0.5, 0.6) is 0 Å². The minimum absolute atomic E-state index is 0. The molecule has 0 aliphatic carbocycles. The molecule has 2 N–H and O–H groups in total. The van der Waals surface area contributed by atoms with Crippen molar-refractivity contribution in [3.63, 3.8) is 0 Å². The fourth-order valence-corrected chi connectivity index (χ4v) is 3.85. The molecule has 0 saturated carbocycles. The quantitative estimate of drug-likeness (QED) is 0.514. The van der Waals surface area contributed by atoms with Crippen LogP contribution in [0.15, 0.2) is 45.8 Å². The van der Waals surface area contributed by atoms with Gasteiger partial charge < -0.3 is 14.8 Å². The standard InChI is InChI=1S/C19H17ClN6O2.ClH/c20-13-3-1-2-12(8-13)17-24-19(28-25-17)14-10-22-26-15(9-16(27)23-18(14)26)11-4-6-21-7-5-11;/h1-3,8-11,21H,4-7H2,(H,23,27);1H. The molecule has 4 heterocycles. The van der Waals surface area contributed by atoms with Crippen LogP contribution in [-0.2, 0) is 0 Å².